The highest BCUT2D eigenvalue weighted by atomic mass is 16.5. The molecule has 1 saturated carbocycles. The maximum Gasteiger partial charge on any atom is 0.123 e. The van der Waals surface area contributed by atoms with Gasteiger partial charge < -0.3 is 14.8 Å². The van der Waals surface area contributed by atoms with Gasteiger partial charge >= 0.3 is 0 Å². The average molecular weight is 278 g/mol. The fourth-order valence-corrected chi connectivity index (χ4v) is 2.38. The molecule has 20 heavy (non-hydrogen) atoms. The Labute approximate surface area is 122 Å². The number of ether oxygens (including phenoxy) is 2. The number of para-hydroxylation sites is 1. The Morgan fingerprint density at radius 2 is 1.95 bits per heavy atom. The lowest BCUT2D eigenvalue weighted by Gasteiger charge is -2.22. The molecule has 1 aromatic carbocycles. The summed E-state index contributed by atoms with van der Waals surface area (Å²) >= 11 is 0. The molecule has 0 aliphatic heterocycles. The summed E-state index contributed by atoms with van der Waals surface area (Å²) < 4.78 is 11.1. The van der Waals surface area contributed by atoms with Crippen LogP contribution in [-0.2, 0) is 11.3 Å². The first-order chi connectivity index (χ1) is 9.85. The molecule has 0 bridgehead atoms. The number of benzene rings is 1. The van der Waals surface area contributed by atoms with E-state index in [9.17, 15) is 0 Å². The van der Waals surface area contributed by atoms with Gasteiger partial charge in [-0.3, -0.25) is 4.90 Å². The van der Waals surface area contributed by atoms with E-state index in [1.54, 1.807) is 7.11 Å². The molecule has 0 unspecified atom stereocenters. The highest BCUT2D eigenvalue weighted by molar-refractivity contribution is 5.33. The summed E-state index contributed by atoms with van der Waals surface area (Å²) in [6.45, 7) is 4.35. The van der Waals surface area contributed by atoms with E-state index >= 15 is 0 Å². The summed E-state index contributed by atoms with van der Waals surface area (Å²) in [5.41, 5.74) is 1.21. The van der Waals surface area contributed by atoms with Gasteiger partial charge in [0.25, 0.3) is 0 Å². The number of nitrogens with zero attached hydrogens (tertiary/aromatic N) is 1. The van der Waals surface area contributed by atoms with Crippen LogP contribution in [0.5, 0.6) is 5.75 Å². The maximum absolute atomic E-state index is 5.96. The van der Waals surface area contributed by atoms with Crippen molar-refractivity contribution in [1.29, 1.82) is 0 Å². The Hall–Kier alpha value is -1.10. The Balaban J connectivity index is 1.79. The van der Waals surface area contributed by atoms with Crippen LogP contribution < -0.4 is 10.1 Å². The van der Waals surface area contributed by atoms with Crippen molar-refractivity contribution in [3.05, 3.63) is 29.8 Å². The van der Waals surface area contributed by atoms with E-state index in [2.05, 4.69) is 22.3 Å². The Morgan fingerprint density at radius 1 is 1.20 bits per heavy atom. The molecule has 0 amide bonds. The van der Waals surface area contributed by atoms with Crippen LogP contribution in [-0.4, -0.2) is 51.4 Å². The van der Waals surface area contributed by atoms with Gasteiger partial charge in [0.2, 0.25) is 0 Å². The van der Waals surface area contributed by atoms with Crippen molar-refractivity contribution in [2.24, 2.45) is 0 Å². The number of hydrogen-bond acceptors (Lipinski definition) is 4. The molecule has 112 valence electrons. The summed E-state index contributed by atoms with van der Waals surface area (Å²) in [6.07, 6.45) is 2.64. The van der Waals surface area contributed by atoms with Gasteiger partial charge in [-0.2, -0.15) is 0 Å². The third-order valence-corrected chi connectivity index (χ3v) is 3.62. The summed E-state index contributed by atoms with van der Waals surface area (Å²) in [6, 6.07) is 8.98. The predicted molar refractivity (Wildman–Crippen MR) is 81.2 cm³/mol. The van der Waals surface area contributed by atoms with E-state index in [4.69, 9.17) is 9.47 Å². The second-order valence-electron chi connectivity index (χ2n) is 5.25. The number of nitrogens with one attached hydrogen (secondary N) is 1. The van der Waals surface area contributed by atoms with Gasteiger partial charge in [0.1, 0.15) is 12.4 Å². The molecule has 1 aliphatic carbocycles. The zero-order valence-corrected chi connectivity index (χ0v) is 12.6. The highest BCUT2D eigenvalue weighted by Gasteiger charge is 2.28. The molecule has 1 aromatic rings. The van der Waals surface area contributed by atoms with E-state index in [1.807, 2.05) is 19.2 Å². The minimum atomic E-state index is 0.737. The predicted octanol–water partition coefficient (Wildman–Crippen LogP) is 1.90. The minimum absolute atomic E-state index is 0.737. The number of rotatable bonds is 10. The lowest BCUT2D eigenvalue weighted by Crippen LogP contribution is -2.33. The van der Waals surface area contributed by atoms with Gasteiger partial charge in [-0.05, 0) is 26.0 Å². The molecule has 1 N–H and O–H groups in total. The first kappa shape index (κ1) is 15.3. The van der Waals surface area contributed by atoms with Crippen LogP contribution in [0.4, 0.5) is 0 Å². The van der Waals surface area contributed by atoms with Crippen molar-refractivity contribution in [1.82, 2.24) is 10.2 Å². The van der Waals surface area contributed by atoms with E-state index in [1.165, 1.54) is 18.4 Å². The zero-order chi connectivity index (χ0) is 14.2. The van der Waals surface area contributed by atoms with Crippen LogP contribution in [0.1, 0.15) is 18.4 Å². The molecule has 4 heteroatoms. The first-order valence-corrected chi connectivity index (χ1v) is 7.43. The Kier molecular flexibility index (Phi) is 6.30. The Bertz CT molecular complexity index is 394. The van der Waals surface area contributed by atoms with Gasteiger partial charge in [-0.25, -0.2) is 0 Å². The quantitative estimate of drug-likeness (QED) is 0.709. The smallest absolute Gasteiger partial charge is 0.123 e. The second kappa shape index (κ2) is 8.25. The van der Waals surface area contributed by atoms with Gasteiger partial charge in [0, 0.05) is 38.3 Å². The molecule has 2 rings (SSSR count). The van der Waals surface area contributed by atoms with Crippen LogP contribution in [0, 0.1) is 0 Å². The molecular weight excluding hydrogens is 252 g/mol. The minimum Gasteiger partial charge on any atom is -0.492 e. The summed E-state index contributed by atoms with van der Waals surface area (Å²) in [4.78, 5) is 2.48. The van der Waals surface area contributed by atoms with Crippen molar-refractivity contribution in [3.8, 4) is 5.75 Å². The molecule has 0 saturated heterocycles. The lowest BCUT2D eigenvalue weighted by atomic mass is 10.2. The van der Waals surface area contributed by atoms with Crippen molar-refractivity contribution >= 4 is 0 Å². The summed E-state index contributed by atoms with van der Waals surface area (Å²) in [7, 11) is 3.71. The van der Waals surface area contributed by atoms with Crippen LogP contribution >= 0.6 is 0 Å². The SMILES string of the molecule is CNCc1ccccc1OCCN(CCOC)C1CC1. The van der Waals surface area contributed by atoms with Crippen LogP contribution in [0.3, 0.4) is 0 Å². The standard InChI is InChI=1S/C16H26N2O2/c1-17-13-14-5-3-4-6-16(14)20-12-10-18(9-11-19-2)15-7-8-15/h3-6,15,17H,7-13H2,1-2H3. The van der Waals surface area contributed by atoms with Crippen molar-refractivity contribution < 1.29 is 9.47 Å². The zero-order valence-electron chi connectivity index (χ0n) is 12.6. The van der Waals surface area contributed by atoms with E-state index in [-0.39, 0.29) is 0 Å². The monoisotopic (exact) mass is 278 g/mol. The van der Waals surface area contributed by atoms with Gasteiger partial charge in [0.15, 0.2) is 0 Å². The summed E-state index contributed by atoms with van der Waals surface area (Å²) in [5.74, 6) is 0.990. The van der Waals surface area contributed by atoms with E-state index in [0.29, 0.717) is 0 Å². The molecule has 0 radical (unpaired) electrons. The molecule has 4 nitrogen and oxygen atoms in total. The fourth-order valence-electron chi connectivity index (χ4n) is 2.38. The molecule has 0 spiro atoms. The first-order valence-electron chi connectivity index (χ1n) is 7.43. The molecule has 0 heterocycles. The van der Waals surface area contributed by atoms with E-state index < -0.39 is 0 Å². The molecule has 0 aromatic heterocycles. The third kappa shape index (κ3) is 4.78. The molecule has 1 aliphatic rings. The fraction of sp³-hybridized carbons (Fsp3) is 0.625. The number of methoxy groups -OCH3 is 1. The maximum atomic E-state index is 5.96. The average Bonchev–Trinajstić information content (AvgIpc) is 3.29. The topological polar surface area (TPSA) is 33.7 Å². The lowest BCUT2D eigenvalue weighted by molar-refractivity contribution is 0.130. The van der Waals surface area contributed by atoms with Crippen molar-refractivity contribution in [3.63, 3.8) is 0 Å². The number of hydrogen-bond donors (Lipinski definition) is 1. The molecule has 0 atom stereocenters. The molecule has 1 fully saturated rings. The van der Waals surface area contributed by atoms with Crippen LogP contribution in [0.2, 0.25) is 0 Å². The summed E-state index contributed by atoms with van der Waals surface area (Å²) in [5, 5.41) is 3.17. The second-order valence-corrected chi connectivity index (χ2v) is 5.25. The van der Waals surface area contributed by atoms with Gasteiger partial charge in [-0.15, -0.1) is 0 Å². The van der Waals surface area contributed by atoms with Gasteiger partial charge in [0.05, 0.1) is 6.61 Å². The molecular formula is C16H26N2O2. The Morgan fingerprint density at radius 3 is 2.65 bits per heavy atom. The van der Waals surface area contributed by atoms with Crippen molar-refractivity contribution in [2.75, 3.05) is 40.5 Å². The third-order valence-electron chi connectivity index (χ3n) is 3.62. The van der Waals surface area contributed by atoms with Crippen LogP contribution in [0.15, 0.2) is 24.3 Å². The van der Waals surface area contributed by atoms with Gasteiger partial charge in [-0.1, -0.05) is 18.2 Å². The largest absolute Gasteiger partial charge is 0.492 e. The van der Waals surface area contributed by atoms with E-state index in [0.717, 1.165) is 44.6 Å². The highest BCUT2D eigenvalue weighted by Crippen LogP contribution is 2.26. The normalized spacial score (nSPS) is 14.8. The van der Waals surface area contributed by atoms with Crippen LogP contribution in [0.25, 0.3) is 0 Å². The van der Waals surface area contributed by atoms with Crippen molar-refractivity contribution in [2.45, 2.75) is 25.4 Å².